The van der Waals surface area contributed by atoms with E-state index >= 15 is 0 Å². The highest BCUT2D eigenvalue weighted by Gasteiger charge is 2.14. The minimum atomic E-state index is -0.536. The fourth-order valence-corrected chi connectivity index (χ4v) is 2.09. The van der Waals surface area contributed by atoms with E-state index in [-0.39, 0.29) is 22.7 Å². The van der Waals surface area contributed by atoms with Gasteiger partial charge in [0.05, 0.1) is 10.6 Å². The molecule has 2 aromatic carbocycles. The predicted octanol–water partition coefficient (Wildman–Crippen LogP) is 2.47. The lowest BCUT2D eigenvalue weighted by molar-refractivity contribution is -0.385. The van der Waals surface area contributed by atoms with Crippen LogP contribution in [0.15, 0.2) is 41.5 Å². The standard InChI is InChI=1S/C16H15N3O5/c1-9-7-11(3-6-14(9)19(23)24)16(22)18-17-10(2)13-5-4-12(20)8-15(13)21/h3-8,20-21H,1-2H3,(H,18,22). The van der Waals surface area contributed by atoms with Crippen LogP contribution >= 0.6 is 0 Å². The molecule has 8 nitrogen and oxygen atoms in total. The van der Waals surface area contributed by atoms with Crippen molar-refractivity contribution >= 4 is 17.3 Å². The van der Waals surface area contributed by atoms with Gasteiger partial charge in [-0.1, -0.05) is 0 Å². The molecule has 0 aromatic heterocycles. The molecule has 0 fully saturated rings. The van der Waals surface area contributed by atoms with Crippen LogP contribution in [-0.4, -0.2) is 26.8 Å². The number of nitrogens with zero attached hydrogens (tertiary/aromatic N) is 2. The molecule has 3 N–H and O–H groups in total. The molecule has 0 saturated heterocycles. The lowest BCUT2D eigenvalue weighted by Crippen LogP contribution is -2.19. The van der Waals surface area contributed by atoms with E-state index in [0.29, 0.717) is 16.8 Å². The lowest BCUT2D eigenvalue weighted by atomic mass is 10.1. The normalized spacial score (nSPS) is 11.2. The highest BCUT2D eigenvalue weighted by atomic mass is 16.6. The number of rotatable bonds is 4. The molecular weight excluding hydrogens is 314 g/mol. The second kappa shape index (κ2) is 6.78. The Bertz CT molecular complexity index is 846. The second-order valence-corrected chi connectivity index (χ2v) is 5.10. The average Bonchev–Trinajstić information content (AvgIpc) is 2.51. The van der Waals surface area contributed by atoms with Crippen LogP contribution in [0.4, 0.5) is 5.69 Å². The van der Waals surface area contributed by atoms with Crippen molar-refractivity contribution in [3.05, 3.63) is 63.2 Å². The number of nitrogens with one attached hydrogen (secondary N) is 1. The number of nitro groups is 1. The number of hydrogen-bond acceptors (Lipinski definition) is 6. The van der Waals surface area contributed by atoms with Gasteiger partial charge in [0.15, 0.2) is 0 Å². The first-order valence-electron chi connectivity index (χ1n) is 6.91. The molecule has 0 unspecified atom stereocenters. The van der Waals surface area contributed by atoms with Gasteiger partial charge in [-0.2, -0.15) is 5.10 Å². The third-order valence-corrected chi connectivity index (χ3v) is 3.35. The maximum absolute atomic E-state index is 12.1. The van der Waals surface area contributed by atoms with Crippen molar-refractivity contribution in [2.24, 2.45) is 5.10 Å². The summed E-state index contributed by atoms with van der Waals surface area (Å²) in [7, 11) is 0. The average molecular weight is 329 g/mol. The topological polar surface area (TPSA) is 125 Å². The van der Waals surface area contributed by atoms with E-state index in [2.05, 4.69) is 10.5 Å². The van der Waals surface area contributed by atoms with Gasteiger partial charge in [-0.15, -0.1) is 0 Å². The van der Waals surface area contributed by atoms with E-state index in [4.69, 9.17) is 0 Å². The summed E-state index contributed by atoms with van der Waals surface area (Å²) in [5.74, 6) is -0.795. The third kappa shape index (κ3) is 3.67. The highest BCUT2D eigenvalue weighted by Crippen LogP contribution is 2.23. The Morgan fingerprint density at radius 3 is 2.50 bits per heavy atom. The van der Waals surface area contributed by atoms with Gasteiger partial charge >= 0.3 is 0 Å². The van der Waals surface area contributed by atoms with Crippen molar-refractivity contribution in [1.82, 2.24) is 5.43 Å². The Labute approximate surface area is 137 Å². The SMILES string of the molecule is CC(=NNC(=O)c1ccc([N+](=O)[O-])c(C)c1)c1ccc(O)cc1O. The van der Waals surface area contributed by atoms with Crippen molar-refractivity contribution in [2.45, 2.75) is 13.8 Å². The van der Waals surface area contributed by atoms with Crippen LogP contribution < -0.4 is 5.43 Å². The number of aromatic hydroxyl groups is 2. The van der Waals surface area contributed by atoms with Crippen LogP contribution in [-0.2, 0) is 0 Å². The van der Waals surface area contributed by atoms with E-state index in [9.17, 15) is 25.1 Å². The van der Waals surface area contributed by atoms with Gasteiger partial charge in [0, 0.05) is 28.8 Å². The summed E-state index contributed by atoms with van der Waals surface area (Å²) in [6, 6.07) is 8.00. The van der Waals surface area contributed by atoms with Gasteiger partial charge in [-0.3, -0.25) is 14.9 Å². The summed E-state index contributed by atoms with van der Waals surface area (Å²) in [6.45, 7) is 3.12. The molecule has 0 saturated carbocycles. The van der Waals surface area contributed by atoms with E-state index in [1.165, 1.54) is 37.3 Å². The third-order valence-electron chi connectivity index (χ3n) is 3.35. The molecule has 0 aliphatic heterocycles. The summed E-state index contributed by atoms with van der Waals surface area (Å²) in [5.41, 5.74) is 3.53. The van der Waals surface area contributed by atoms with Crippen LogP contribution in [0.25, 0.3) is 0 Å². The second-order valence-electron chi connectivity index (χ2n) is 5.10. The Morgan fingerprint density at radius 2 is 1.92 bits per heavy atom. The van der Waals surface area contributed by atoms with Crippen molar-refractivity contribution < 1.29 is 19.9 Å². The van der Waals surface area contributed by atoms with Gasteiger partial charge in [0.1, 0.15) is 11.5 Å². The zero-order valence-electron chi connectivity index (χ0n) is 13.0. The Morgan fingerprint density at radius 1 is 1.21 bits per heavy atom. The van der Waals surface area contributed by atoms with Gasteiger partial charge in [0.2, 0.25) is 0 Å². The molecule has 0 spiro atoms. The quantitative estimate of drug-likeness (QED) is 0.451. The summed E-state index contributed by atoms with van der Waals surface area (Å²) in [5, 5.41) is 33.7. The maximum Gasteiger partial charge on any atom is 0.272 e. The summed E-state index contributed by atoms with van der Waals surface area (Å²) < 4.78 is 0. The number of benzene rings is 2. The zero-order chi connectivity index (χ0) is 17.9. The smallest absolute Gasteiger partial charge is 0.272 e. The van der Waals surface area contributed by atoms with E-state index in [1.54, 1.807) is 6.92 Å². The first kappa shape index (κ1) is 16.9. The van der Waals surface area contributed by atoms with E-state index in [0.717, 1.165) is 6.07 Å². The number of carbonyl (C=O) groups is 1. The molecule has 24 heavy (non-hydrogen) atoms. The number of carbonyl (C=O) groups excluding carboxylic acids is 1. The van der Waals surface area contributed by atoms with Crippen LogP contribution in [0.1, 0.15) is 28.4 Å². The molecule has 124 valence electrons. The number of hydrogen-bond donors (Lipinski definition) is 3. The molecule has 8 heteroatoms. The number of hydrazone groups is 1. The molecule has 0 aliphatic rings. The van der Waals surface area contributed by atoms with Crippen LogP contribution in [0.3, 0.4) is 0 Å². The van der Waals surface area contributed by atoms with Crippen LogP contribution in [0.2, 0.25) is 0 Å². The number of aryl methyl sites for hydroxylation is 1. The minimum absolute atomic E-state index is 0.0692. The molecule has 0 heterocycles. The van der Waals surface area contributed by atoms with Crippen molar-refractivity contribution in [1.29, 1.82) is 0 Å². The predicted molar refractivity (Wildman–Crippen MR) is 87.3 cm³/mol. The molecule has 0 atom stereocenters. The number of phenols is 2. The number of phenolic OH excluding ortho intramolecular Hbond substituents is 2. The van der Waals surface area contributed by atoms with Gasteiger partial charge in [0.25, 0.3) is 11.6 Å². The van der Waals surface area contributed by atoms with Crippen molar-refractivity contribution in [2.75, 3.05) is 0 Å². The van der Waals surface area contributed by atoms with E-state index in [1.807, 2.05) is 0 Å². The largest absolute Gasteiger partial charge is 0.508 e. The molecule has 1 amide bonds. The first-order valence-corrected chi connectivity index (χ1v) is 6.91. The molecule has 0 bridgehead atoms. The molecule has 2 rings (SSSR count). The summed E-state index contributed by atoms with van der Waals surface area (Å²) >= 11 is 0. The minimum Gasteiger partial charge on any atom is -0.508 e. The van der Waals surface area contributed by atoms with Crippen LogP contribution in [0, 0.1) is 17.0 Å². The van der Waals surface area contributed by atoms with Crippen molar-refractivity contribution in [3.63, 3.8) is 0 Å². The van der Waals surface area contributed by atoms with Gasteiger partial charge < -0.3 is 10.2 Å². The maximum atomic E-state index is 12.1. The molecule has 2 aromatic rings. The zero-order valence-corrected chi connectivity index (χ0v) is 13.0. The van der Waals surface area contributed by atoms with E-state index < -0.39 is 10.8 Å². The monoisotopic (exact) mass is 329 g/mol. The molecule has 0 aliphatic carbocycles. The van der Waals surface area contributed by atoms with Crippen LogP contribution in [0.5, 0.6) is 11.5 Å². The number of amides is 1. The molecular formula is C16H15N3O5. The Kier molecular flexibility index (Phi) is 4.78. The van der Waals surface area contributed by atoms with Gasteiger partial charge in [-0.25, -0.2) is 5.43 Å². The first-order chi connectivity index (χ1) is 11.3. The summed E-state index contributed by atoms with van der Waals surface area (Å²) in [6.07, 6.45) is 0. The summed E-state index contributed by atoms with van der Waals surface area (Å²) in [4.78, 5) is 22.3. The Hall–Kier alpha value is -3.42. The fraction of sp³-hybridized carbons (Fsp3) is 0.125. The number of nitro benzene ring substituents is 1. The highest BCUT2D eigenvalue weighted by molar-refractivity contribution is 6.02. The lowest BCUT2D eigenvalue weighted by Gasteiger charge is -2.06. The van der Waals surface area contributed by atoms with Crippen molar-refractivity contribution in [3.8, 4) is 11.5 Å². The fourth-order valence-electron chi connectivity index (χ4n) is 2.09. The van der Waals surface area contributed by atoms with Gasteiger partial charge in [-0.05, 0) is 38.1 Å². The Balaban J connectivity index is 2.17. The molecule has 0 radical (unpaired) electrons.